The number of hydrogen-bond donors (Lipinski definition) is 1. The molecule has 1 aliphatic heterocycles. The van der Waals surface area contributed by atoms with Crippen LogP contribution in [-0.2, 0) is 11.3 Å². The number of likely N-dealkylation sites (tertiary alicyclic amines) is 1. The second-order valence-corrected chi connectivity index (χ2v) is 5.39. The van der Waals surface area contributed by atoms with Gasteiger partial charge < -0.3 is 5.11 Å². The van der Waals surface area contributed by atoms with E-state index in [9.17, 15) is 9.90 Å². The van der Waals surface area contributed by atoms with Gasteiger partial charge in [-0.05, 0) is 33.2 Å². The van der Waals surface area contributed by atoms with E-state index in [2.05, 4.69) is 23.9 Å². The van der Waals surface area contributed by atoms with Crippen molar-refractivity contribution in [1.82, 2.24) is 19.7 Å². The highest BCUT2D eigenvalue weighted by Gasteiger charge is 2.28. The molecule has 1 atom stereocenters. The molecule has 1 aromatic rings. The SMILES string of the molecule is CC(C)n1ncnc1CN1CCCCCC1C(=O)O. The minimum absolute atomic E-state index is 0.243. The Morgan fingerprint density at radius 1 is 1.47 bits per heavy atom. The molecule has 2 rings (SSSR count). The molecule has 1 N–H and O–H groups in total. The van der Waals surface area contributed by atoms with Crippen LogP contribution in [0.15, 0.2) is 6.33 Å². The Morgan fingerprint density at radius 3 is 2.95 bits per heavy atom. The second kappa shape index (κ2) is 6.14. The van der Waals surface area contributed by atoms with Crippen LogP contribution in [0.3, 0.4) is 0 Å². The van der Waals surface area contributed by atoms with E-state index in [4.69, 9.17) is 0 Å². The summed E-state index contributed by atoms with van der Waals surface area (Å²) in [4.78, 5) is 17.7. The second-order valence-electron chi connectivity index (χ2n) is 5.39. The maximum Gasteiger partial charge on any atom is 0.320 e. The molecular weight excluding hydrogens is 244 g/mol. The van der Waals surface area contributed by atoms with Crippen molar-refractivity contribution in [3.8, 4) is 0 Å². The van der Waals surface area contributed by atoms with E-state index < -0.39 is 5.97 Å². The fourth-order valence-electron chi connectivity index (χ4n) is 2.64. The first-order valence-electron chi connectivity index (χ1n) is 6.95. The van der Waals surface area contributed by atoms with Crippen LogP contribution < -0.4 is 0 Å². The first-order valence-corrected chi connectivity index (χ1v) is 6.95. The lowest BCUT2D eigenvalue weighted by Gasteiger charge is -2.26. The first-order chi connectivity index (χ1) is 9.09. The van der Waals surface area contributed by atoms with Gasteiger partial charge >= 0.3 is 5.97 Å². The van der Waals surface area contributed by atoms with Gasteiger partial charge in [-0.25, -0.2) is 9.67 Å². The molecule has 19 heavy (non-hydrogen) atoms. The van der Waals surface area contributed by atoms with Gasteiger partial charge in [0.15, 0.2) is 0 Å². The average Bonchev–Trinajstić information content (AvgIpc) is 2.67. The highest BCUT2D eigenvalue weighted by molar-refractivity contribution is 5.73. The average molecular weight is 266 g/mol. The minimum Gasteiger partial charge on any atom is -0.480 e. The number of carbonyl (C=O) groups is 1. The van der Waals surface area contributed by atoms with Crippen molar-refractivity contribution < 1.29 is 9.90 Å². The summed E-state index contributed by atoms with van der Waals surface area (Å²) in [5.74, 6) is 0.126. The molecule has 0 spiro atoms. The molecule has 0 amide bonds. The van der Waals surface area contributed by atoms with Crippen LogP contribution in [0.5, 0.6) is 0 Å². The van der Waals surface area contributed by atoms with E-state index in [0.29, 0.717) is 6.54 Å². The quantitative estimate of drug-likeness (QED) is 0.898. The van der Waals surface area contributed by atoms with Crippen LogP contribution in [0.25, 0.3) is 0 Å². The van der Waals surface area contributed by atoms with E-state index in [-0.39, 0.29) is 12.1 Å². The van der Waals surface area contributed by atoms with Crippen molar-refractivity contribution in [2.75, 3.05) is 6.54 Å². The molecule has 0 bridgehead atoms. The molecule has 1 fully saturated rings. The number of carboxylic acids is 1. The van der Waals surface area contributed by atoms with Crippen LogP contribution >= 0.6 is 0 Å². The summed E-state index contributed by atoms with van der Waals surface area (Å²) in [5.41, 5.74) is 0. The zero-order valence-corrected chi connectivity index (χ0v) is 11.6. The molecule has 0 saturated carbocycles. The molecule has 1 saturated heterocycles. The lowest BCUT2D eigenvalue weighted by Crippen LogP contribution is -2.40. The highest BCUT2D eigenvalue weighted by Crippen LogP contribution is 2.19. The lowest BCUT2D eigenvalue weighted by molar-refractivity contribution is -0.143. The Kier molecular flexibility index (Phi) is 4.52. The normalized spacial score (nSPS) is 21.5. The number of rotatable bonds is 4. The maximum absolute atomic E-state index is 11.4. The summed E-state index contributed by atoms with van der Waals surface area (Å²) in [6.07, 6.45) is 5.43. The van der Waals surface area contributed by atoms with E-state index in [1.165, 1.54) is 0 Å². The van der Waals surface area contributed by atoms with Crippen molar-refractivity contribution >= 4 is 5.97 Å². The van der Waals surface area contributed by atoms with Gasteiger partial charge in [-0.3, -0.25) is 9.69 Å². The predicted molar refractivity (Wildman–Crippen MR) is 70.7 cm³/mol. The number of hydrogen-bond acceptors (Lipinski definition) is 4. The number of aromatic nitrogens is 3. The molecule has 2 heterocycles. The van der Waals surface area contributed by atoms with Crippen molar-refractivity contribution in [3.05, 3.63) is 12.2 Å². The van der Waals surface area contributed by atoms with Gasteiger partial charge in [-0.2, -0.15) is 5.10 Å². The zero-order valence-electron chi connectivity index (χ0n) is 11.6. The number of carboxylic acid groups (broad SMARTS) is 1. The monoisotopic (exact) mass is 266 g/mol. The van der Waals surface area contributed by atoms with Gasteiger partial charge in [0.05, 0.1) is 6.54 Å². The number of nitrogens with zero attached hydrogens (tertiary/aromatic N) is 4. The summed E-state index contributed by atoms with van der Waals surface area (Å²) in [5, 5.41) is 13.6. The largest absolute Gasteiger partial charge is 0.480 e. The van der Waals surface area contributed by atoms with Crippen LogP contribution in [0.2, 0.25) is 0 Å². The fraction of sp³-hybridized carbons (Fsp3) is 0.769. The van der Waals surface area contributed by atoms with Gasteiger partial charge in [-0.1, -0.05) is 12.8 Å². The summed E-state index contributed by atoms with van der Waals surface area (Å²) >= 11 is 0. The van der Waals surface area contributed by atoms with Gasteiger partial charge in [0.2, 0.25) is 0 Å². The fourth-order valence-corrected chi connectivity index (χ4v) is 2.64. The Bertz CT molecular complexity index is 430. The van der Waals surface area contributed by atoms with E-state index in [1.807, 2.05) is 9.58 Å². The third-order valence-electron chi connectivity index (χ3n) is 3.63. The molecule has 1 unspecified atom stereocenters. The van der Waals surface area contributed by atoms with Gasteiger partial charge in [0, 0.05) is 6.04 Å². The van der Waals surface area contributed by atoms with Crippen LogP contribution in [-0.4, -0.2) is 43.3 Å². The predicted octanol–water partition coefficient (Wildman–Crippen LogP) is 1.69. The first kappa shape index (κ1) is 14.0. The maximum atomic E-state index is 11.4. The third-order valence-corrected chi connectivity index (χ3v) is 3.63. The topological polar surface area (TPSA) is 71.2 Å². The van der Waals surface area contributed by atoms with Crippen LogP contribution in [0.4, 0.5) is 0 Å². The Balaban J connectivity index is 2.14. The van der Waals surface area contributed by atoms with Crippen molar-refractivity contribution in [2.24, 2.45) is 0 Å². The van der Waals surface area contributed by atoms with Gasteiger partial charge in [0.25, 0.3) is 0 Å². The molecule has 0 aliphatic carbocycles. The zero-order chi connectivity index (χ0) is 13.8. The molecule has 0 radical (unpaired) electrons. The smallest absolute Gasteiger partial charge is 0.320 e. The van der Waals surface area contributed by atoms with Crippen molar-refractivity contribution in [2.45, 2.75) is 58.2 Å². The van der Waals surface area contributed by atoms with E-state index in [0.717, 1.165) is 38.1 Å². The molecule has 1 aromatic heterocycles. The Labute approximate surface area is 113 Å². The van der Waals surface area contributed by atoms with Crippen LogP contribution in [0.1, 0.15) is 51.4 Å². The molecule has 6 nitrogen and oxygen atoms in total. The van der Waals surface area contributed by atoms with Crippen molar-refractivity contribution in [1.29, 1.82) is 0 Å². The standard InChI is InChI=1S/C13H22N4O2/c1-10(2)17-12(14-9-15-17)8-16-7-5-3-4-6-11(16)13(18)19/h9-11H,3-8H2,1-2H3,(H,18,19). The van der Waals surface area contributed by atoms with E-state index >= 15 is 0 Å². The number of aliphatic carboxylic acids is 1. The van der Waals surface area contributed by atoms with Gasteiger partial charge in [-0.15, -0.1) is 0 Å². The van der Waals surface area contributed by atoms with Crippen LogP contribution in [0, 0.1) is 0 Å². The summed E-state index contributed by atoms with van der Waals surface area (Å²) < 4.78 is 1.86. The third kappa shape index (κ3) is 3.32. The minimum atomic E-state index is -0.725. The van der Waals surface area contributed by atoms with Crippen molar-refractivity contribution in [3.63, 3.8) is 0 Å². The molecule has 1 aliphatic rings. The Hall–Kier alpha value is -1.43. The summed E-state index contributed by atoms with van der Waals surface area (Å²) in [6, 6.07) is -0.146. The molecular formula is C13H22N4O2. The van der Waals surface area contributed by atoms with Gasteiger partial charge in [0.1, 0.15) is 18.2 Å². The lowest BCUT2D eigenvalue weighted by atomic mass is 10.1. The molecule has 6 heteroatoms. The highest BCUT2D eigenvalue weighted by atomic mass is 16.4. The van der Waals surface area contributed by atoms with E-state index in [1.54, 1.807) is 6.33 Å². The molecule has 106 valence electrons. The molecule has 0 aromatic carbocycles. The summed E-state index contributed by atoms with van der Waals surface area (Å²) in [7, 11) is 0. The summed E-state index contributed by atoms with van der Waals surface area (Å²) in [6.45, 7) is 5.49. The Morgan fingerprint density at radius 2 is 2.26 bits per heavy atom.